The molecule has 2 aliphatic carbocycles. The number of aromatic nitrogens is 7. The number of aryl methyl sites for hydroxylation is 1. The van der Waals surface area contributed by atoms with Gasteiger partial charge in [-0.1, -0.05) is 43.2 Å². The SMILES string of the molecule is Cc1ncc(-c2cc(-c3cncnc3)nc3sc(S(=O)C4CCC4)c(N)c23)n1C.Nc1c(S(=O)C2CCC2)sc2nc(-c3cccnc3)cc(-c3ccccc3)c12. The van der Waals surface area contributed by atoms with E-state index in [1.165, 1.54) is 29.0 Å². The topological polar surface area (TPSA) is 168 Å². The van der Waals surface area contributed by atoms with Crippen molar-refractivity contribution in [1.82, 2.24) is 34.5 Å². The average molecular weight is 830 g/mol. The molecule has 2 aliphatic rings. The van der Waals surface area contributed by atoms with Gasteiger partial charge in [-0.3, -0.25) is 13.4 Å². The van der Waals surface area contributed by atoms with Crippen molar-refractivity contribution in [3.63, 3.8) is 0 Å². The highest BCUT2D eigenvalue weighted by Gasteiger charge is 2.31. The third-order valence-electron chi connectivity index (χ3n) is 10.8. The van der Waals surface area contributed by atoms with Crippen LogP contribution in [0.1, 0.15) is 44.3 Å². The van der Waals surface area contributed by atoms with Gasteiger partial charge in [-0.05, 0) is 68.0 Å². The molecule has 0 bridgehead atoms. The Labute approximate surface area is 342 Å². The van der Waals surface area contributed by atoms with E-state index in [2.05, 4.69) is 38.1 Å². The van der Waals surface area contributed by atoms with E-state index in [1.54, 1.807) is 18.6 Å². The summed E-state index contributed by atoms with van der Waals surface area (Å²) in [5.74, 6) is 0.904. The predicted octanol–water partition coefficient (Wildman–Crippen LogP) is 8.97. The Kier molecular flexibility index (Phi) is 10.2. The summed E-state index contributed by atoms with van der Waals surface area (Å²) in [7, 11) is -0.178. The van der Waals surface area contributed by atoms with Crippen molar-refractivity contribution in [2.24, 2.45) is 7.05 Å². The van der Waals surface area contributed by atoms with E-state index < -0.39 is 21.6 Å². The zero-order valence-corrected chi connectivity index (χ0v) is 34.6. The minimum Gasteiger partial charge on any atom is -0.396 e. The van der Waals surface area contributed by atoms with Gasteiger partial charge in [0.25, 0.3) is 0 Å². The molecule has 0 saturated heterocycles. The first-order valence-electron chi connectivity index (χ1n) is 18.7. The molecule has 288 valence electrons. The third-order valence-corrected chi connectivity index (χ3v) is 17.4. The van der Waals surface area contributed by atoms with Crippen molar-refractivity contribution in [3.05, 3.63) is 97.7 Å². The summed E-state index contributed by atoms with van der Waals surface area (Å²) < 4.78 is 29.6. The fraction of sp³-hybridized carbons (Fsp3) is 0.238. The van der Waals surface area contributed by atoms with Gasteiger partial charge in [0.05, 0.1) is 56.3 Å². The number of thiophene rings is 2. The summed E-state index contributed by atoms with van der Waals surface area (Å²) in [6.45, 7) is 1.96. The van der Waals surface area contributed by atoms with E-state index in [-0.39, 0.29) is 10.5 Å². The number of nitrogen functional groups attached to an aromatic ring is 2. The fourth-order valence-electron chi connectivity index (χ4n) is 7.01. The number of nitrogens with two attached hydrogens (primary N) is 2. The molecule has 8 aromatic rings. The van der Waals surface area contributed by atoms with Gasteiger partial charge < -0.3 is 16.0 Å². The zero-order chi connectivity index (χ0) is 39.2. The summed E-state index contributed by atoms with van der Waals surface area (Å²) in [6.07, 6.45) is 16.7. The first-order valence-corrected chi connectivity index (χ1v) is 22.8. The molecule has 2 saturated carbocycles. The quantitative estimate of drug-likeness (QED) is 0.151. The van der Waals surface area contributed by atoms with Gasteiger partial charge in [-0.25, -0.2) is 24.9 Å². The van der Waals surface area contributed by atoms with Gasteiger partial charge in [0, 0.05) is 69.8 Å². The Bertz CT molecular complexity index is 2800. The van der Waals surface area contributed by atoms with Gasteiger partial charge in [-0.15, -0.1) is 22.7 Å². The highest BCUT2D eigenvalue weighted by atomic mass is 32.2. The minimum absolute atomic E-state index is 0.203. The van der Waals surface area contributed by atoms with Crippen LogP contribution in [0.15, 0.2) is 100 Å². The Hall–Kier alpha value is -5.22. The monoisotopic (exact) mass is 829 g/mol. The summed E-state index contributed by atoms with van der Waals surface area (Å²) >= 11 is 2.90. The number of anilines is 2. The summed E-state index contributed by atoms with van der Waals surface area (Å²) in [5, 5.41) is 2.19. The smallest absolute Gasteiger partial charge is 0.127 e. The Balaban J connectivity index is 0.000000148. The van der Waals surface area contributed by atoms with E-state index in [1.807, 2.05) is 67.3 Å². The molecule has 7 aromatic heterocycles. The minimum atomic E-state index is -1.10. The molecule has 4 N–H and O–H groups in total. The molecular formula is C42H39N9O2S4. The molecule has 0 aliphatic heterocycles. The molecule has 1 aromatic carbocycles. The molecule has 2 unspecified atom stereocenters. The normalized spacial score (nSPS) is 15.5. The first kappa shape index (κ1) is 37.4. The maximum atomic E-state index is 13.1. The van der Waals surface area contributed by atoms with Crippen LogP contribution in [0.25, 0.3) is 65.3 Å². The van der Waals surface area contributed by atoms with Crippen molar-refractivity contribution < 1.29 is 8.42 Å². The molecule has 57 heavy (non-hydrogen) atoms. The number of benzene rings is 1. The van der Waals surface area contributed by atoms with E-state index in [4.69, 9.17) is 21.4 Å². The molecule has 10 rings (SSSR count). The predicted molar refractivity (Wildman–Crippen MR) is 233 cm³/mol. The van der Waals surface area contributed by atoms with Crippen molar-refractivity contribution in [1.29, 1.82) is 0 Å². The van der Waals surface area contributed by atoms with E-state index in [0.717, 1.165) is 118 Å². The number of nitrogens with zero attached hydrogens (tertiary/aromatic N) is 7. The van der Waals surface area contributed by atoms with E-state index >= 15 is 0 Å². The lowest BCUT2D eigenvalue weighted by Gasteiger charge is -2.23. The number of fused-ring (bicyclic) bond motifs is 2. The zero-order valence-electron chi connectivity index (χ0n) is 31.3. The molecule has 7 heterocycles. The molecule has 15 heteroatoms. The molecule has 0 radical (unpaired) electrons. The van der Waals surface area contributed by atoms with Crippen LogP contribution in [0.5, 0.6) is 0 Å². The largest absolute Gasteiger partial charge is 0.396 e. The van der Waals surface area contributed by atoms with Crippen LogP contribution in [0, 0.1) is 6.92 Å². The van der Waals surface area contributed by atoms with E-state index in [9.17, 15) is 8.42 Å². The van der Waals surface area contributed by atoms with Crippen LogP contribution < -0.4 is 11.5 Å². The third kappa shape index (κ3) is 6.96. The van der Waals surface area contributed by atoms with Crippen molar-refractivity contribution in [3.8, 4) is 44.9 Å². The van der Waals surface area contributed by atoms with Gasteiger partial charge in [-0.2, -0.15) is 0 Å². The second kappa shape index (κ2) is 15.6. The molecule has 0 spiro atoms. The maximum absolute atomic E-state index is 13.1. The van der Waals surface area contributed by atoms with Crippen LogP contribution in [-0.4, -0.2) is 53.4 Å². The highest BCUT2D eigenvalue weighted by Crippen LogP contribution is 2.46. The lowest BCUT2D eigenvalue weighted by molar-refractivity contribution is 0.505. The number of rotatable bonds is 8. The van der Waals surface area contributed by atoms with Gasteiger partial charge in [0.2, 0.25) is 0 Å². The lowest BCUT2D eigenvalue weighted by atomic mass is 10.00. The average Bonchev–Trinajstić information content (AvgIpc) is 3.85. The molecular weight excluding hydrogens is 791 g/mol. The second-order valence-corrected chi connectivity index (χ2v) is 20.1. The number of pyridine rings is 3. The molecule has 11 nitrogen and oxygen atoms in total. The van der Waals surface area contributed by atoms with Crippen LogP contribution in [0.4, 0.5) is 11.4 Å². The number of hydrogen-bond acceptors (Lipinski definition) is 12. The first-order chi connectivity index (χ1) is 27.8. The summed E-state index contributed by atoms with van der Waals surface area (Å²) in [6, 6.07) is 18.1. The molecule has 0 amide bonds. The fourth-order valence-corrected chi connectivity index (χ4v) is 13.4. The standard InChI is InChI=1S/C22H19N3OS2.C20H20N6OS2/c23-20-19-17(14-6-2-1-3-7-14)12-18(15-8-5-11-24-13-15)25-21(19)27-22(20)28(26)16-9-4-10-16;1-11-24-9-16(26(11)2)14-6-15(12-7-22-10-23-8-12)25-19-17(14)18(21)20(28-19)29(27)13-4-3-5-13/h1-3,5-8,11-13,16H,4,9-10,23H2;6-10,13H,3-5,21H2,1-2H3. The van der Waals surface area contributed by atoms with Crippen molar-refractivity contribution in [2.75, 3.05) is 11.5 Å². The summed E-state index contributed by atoms with van der Waals surface area (Å²) in [5.41, 5.74) is 21.7. The number of imidazole rings is 1. The van der Waals surface area contributed by atoms with Gasteiger partial charge in [0.15, 0.2) is 0 Å². The molecule has 2 atom stereocenters. The van der Waals surface area contributed by atoms with Crippen LogP contribution in [0.2, 0.25) is 0 Å². The van der Waals surface area contributed by atoms with Crippen LogP contribution >= 0.6 is 22.7 Å². The maximum Gasteiger partial charge on any atom is 0.127 e. The Morgan fingerprint density at radius 2 is 1.23 bits per heavy atom. The van der Waals surface area contributed by atoms with Crippen molar-refractivity contribution in [2.45, 2.75) is 64.4 Å². The summed E-state index contributed by atoms with van der Waals surface area (Å²) in [4.78, 5) is 28.2. The van der Waals surface area contributed by atoms with Crippen LogP contribution in [-0.2, 0) is 28.6 Å². The van der Waals surface area contributed by atoms with Gasteiger partial charge >= 0.3 is 0 Å². The molecule has 2 fully saturated rings. The van der Waals surface area contributed by atoms with Crippen molar-refractivity contribution >= 4 is 76.1 Å². The highest BCUT2D eigenvalue weighted by molar-refractivity contribution is 7.88. The van der Waals surface area contributed by atoms with Gasteiger partial charge in [0.1, 0.15) is 30.2 Å². The second-order valence-electron chi connectivity index (χ2n) is 14.3. The Morgan fingerprint density at radius 1 is 0.684 bits per heavy atom. The lowest BCUT2D eigenvalue weighted by Crippen LogP contribution is -2.23. The number of hydrogen-bond donors (Lipinski definition) is 2. The van der Waals surface area contributed by atoms with E-state index in [0.29, 0.717) is 11.4 Å². The van der Waals surface area contributed by atoms with Crippen LogP contribution in [0.3, 0.4) is 0 Å². The Morgan fingerprint density at radius 3 is 1.75 bits per heavy atom.